The van der Waals surface area contributed by atoms with E-state index in [0.717, 1.165) is 25.7 Å². The van der Waals surface area contributed by atoms with Gasteiger partial charge in [0, 0.05) is 28.7 Å². The number of ketones is 2. The highest BCUT2D eigenvalue weighted by Crippen LogP contribution is 2.28. The van der Waals surface area contributed by atoms with Gasteiger partial charge in [0.1, 0.15) is 0 Å². The summed E-state index contributed by atoms with van der Waals surface area (Å²) in [6.45, 7) is 4.21. The van der Waals surface area contributed by atoms with Crippen LogP contribution >= 0.6 is 0 Å². The summed E-state index contributed by atoms with van der Waals surface area (Å²) in [5.41, 5.74) is 1.74. The van der Waals surface area contributed by atoms with Gasteiger partial charge in [-0.15, -0.1) is 0 Å². The Bertz CT molecular complexity index is 670. The second-order valence-corrected chi connectivity index (χ2v) is 6.09. The van der Waals surface area contributed by atoms with Crippen LogP contribution in [0.4, 0.5) is 0 Å². The van der Waals surface area contributed by atoms with E-state index >= 15 is 0 Å². The first-order chi connectivity index (χ1) is 11.6. The van der Waals surface area contributed by atoms with Gasteiger partial charge in [-0.2, -0.15) is 0 Å². The molecule has 0 aromatic heterocycles. The summed E-state index contributed by atoms with van der Waals surface area (Å²) in [7, 11) is 0. The average molecular weight is 328 g/mol. The number of fused-ring (bicyclic) bond motifs is 1. The van der Waals surface area contributed by atoms with Gasteiger partial charge >= 0.3 is 5.97 Å². The Hall–Kier alpha value is -2.23. The number of esters is 1. The molecule has 0 atom stereocenters. The van der Waals surface area contributed by atoms with Crippen molar-refractivity contribution in [2.75, 3.05) is 6.61 Å². The number of carbonyl (C=O) groups excluding carboxylic acids is 3. The summed E-state index contributed by atoms with van der Waals surface area (Å²) in [6.07, 6.45) is 4.57. The molecule has 1 aliphatic carbocycles. The van der Waals surface area contributed by atoms with Crippen molar-refractivity contribution < 1.29 is 19.1 Å². The lowest BCUT2D eigenvalue weighted by atomic mass is 9.83. The molecule has 0 N–H and O–H groups in total. The lowest BCUT2D eigenvalue weighted by Crippen LogP contribution is -2.21. The van der Waals surface area contributed by atoms with Crippen LogP contribution in [0.3, 0.4) is 0 Å². The molecule has 0 aliphatic heterocycles. The Morgan fingerprint density at radius 1 is 1.00 bits per heavy atom. The molecule has 0 saturated heterocycles. The predicted molar refractivity (Wildman–Crippen MR) is 92.1 cm³/mol. The maximum absolute atomic E-state index is 12.6. The van der Waals surface area contributed by atoms with Crippen molar-refractivity contribution in [2.45, 2.75) is 52.4 Å². The van der Waals surface area contributed by atoms with Crippen LogP contribution in [0.2, 0.25) is 0 Å². The summed E-state index contributed by atoms with van der Waals surface area (Å²) in [5.74, 6) is -0.600. The van der Waals surface area contributed by atoms with Crippen LogP contribution in [-0.4, -0.2) is 24.1 Å². The van der Waals surface area contributed by atoms with Crippen LogP contribution in [0.15, 0.2) is 35.4 Å². The van der Waals surface area contributed by atoms with Gasteiger partial charge in [-0.05, 0) is 19.8 Å². The minimum absolute atomic E-state index is 0.127. The number of hydrogen-bond acceptors (Lipinski definition) is 4. The molecule has 4 nitrogen and oxygen atoms in total. The highest BCUT2D eigenvalue weighted by Gasteiger charge is 2.29. The lowest BCUT2D eigenvalue weighted by Gasteiger charge is -2.18. The molecule has 1 aromatic rings. The molecule has 0 spiro atoms. The molecule has 0 unspecified atom stereocenters. The molecule has 0 heterocycles. The first-order valence-corrected chi connectivity index (χ1v) is 8.60. The van der Waals surface area contributed by atoms with E-state index in [1.165, 1.54) is 0 Å². The van der Waals surface area contributed by atoms with E-state index in [9.17, 15) is 14.4 Å². The topological polar surface area (TPSA) is 60.4 Å². The van der Waals surface area contributed by atoms with E-state index in [-0.39, 0.29) is 30.4 Å². The fourth-order valence-electron chi connectivity index (χ4n) is 2.87. The molecule has 0 radical (unpaired) electrons. The van der Waals surface area contributed by atoms with Crippen LogP contribution in [0.1, 0.15) is 73.1 Å². The van der Waals surface area contributed by atoms with Crippen molar-refractivity contribution in [3.05, 3.63) is 46.5 Å². The zero-order chi connectivity index (χ0) is 17.5. The Labute approximate surface area is 142 Å². The Morgan fingerprint density at radius 2 is 1.67 bits per heavy atom. The van der Waals surface area contributed by atoms with E-state index in [2.05, 4.69) is 6.92 Å². The second kappa shape index (κ2) is 8.57. The van der Waals surface area contributed by atoms with Crippen LogP contribution in [0.5, 0.6) is 0 Å². The monoisotopic (exact) mass is 328 g/mol. The van der Waals surface area contributed by atoms with Gasteiger partial charge in [-0.25, -0.2) is 0 Å². The standard InChI is InChI=1S/C20H24O4/c1-3-4-5-8-13-24-18(21)12-11-15-14(2)19(22)16-9-6-7-10-17(16)20(15)23/h6-7,9-10H,3-5,8,11-13H2,1-2H3. The van der Waals surface area contributed by atoms with Crippen molar-refractivity contribution in [1.29, 1.82) is 0 Å². The van der Waals surface area contributed by atoms with Gasteiger partial charge in [-0.1, -0.05) is 50.5 Å². The molecule has 24 heavy (non-hydrogen) atoms. The van der Waals surface area contributed by atoms with Gasteiger partial charge in [0.15, 0.2) is 11.6 Å². The number of benzene rings is 1. The zero-order valence-electron chi connectivity index (χ0n) is 14.4. The maximum atomic E-state index is 12.6. The van der Waals surface area contributed by atoms with Gasteiger partial charge < -0.3 is 4.74 Å². The molecular weight excluding hydrogens is 304 g/mol. The van der Waals surface area contributed by atoms with Crippen LogP contribution in [-0.2, 0) is 9.53 Å². The number of Topliss-reactive ketones (excluding diaryl/α,β-unsaturated/α-hetero) is 2. The quantitative estimate of drug-likeness (QED) is 0.528. The van der Waals surface area contributed by atoms with Crippen molar-refractivity contribution in [3.63, 3.8) is 0 Å². The fourth-order valence-corrected chi connectivity index (χ4v) is 2.87. The zero-order valence-corrected chi connectivity index (χ0v) is 14.4. The third-order valence-corrected chi connectivity index (χ3v) is 4.32. The third-order valence-electron chi connectivity index (χ3n) is 4.32. The number of allylic oxidation sites excluding steroid dienone is 2. The lowest BCUT2D eigenvalue weighted by molar-refractivity contribution is -0.143. The molecule has 1 aliphatic rings. The molecule has 2 rings (SSSR count). The number of unbranched alkanes of at least 4 members (excludes halogenated alkanes) is 3. The van der Waals surface area contributed by atoms with E-state index in [1.54, 1.807) is 31.2 Å². The number of ether oxygens (including phenoxy) is 1. The van der Waals surface area contributed by atoms with E-state index < -0.39 is 0 Å². The van der Waals surface area contributed by atoms with Crippen LogP contribution in [0.25, 0.3) is 0 Å². The Morgan fingerprint density at radius 3 is 2.33 bits per heavy atom. The molecule has 4 heteroatoms. The molecule has 0 fully saturated rings. The fraction of sp³-hybridized carbons (Fsp3) is 0.450. The molecule has 128 valence electrons. The first-order valence-electron chi connectivity index (χ1n) is 8.60. The highest BCUT2D eigenvalue weighted by molar-refractivity contribution is 6.26. The third kappa shape index (κ3) is 4.19. The van der Waals surface area contributed by atoms with E-state index in [0.29, 0.717) is 28.9 Å². The average Bonchev–Trinajstić information content (AvgIpc) is 2.59. The summed E-state index contributed by atoms with van der Waals surface area (Å²) >= 11 is 0. The smallest absolute Gasteiger partial charge is 0.306 e. The number of rotatable bonds is 8. The largest absolute Gasteiger partial charge is 0.466 e. The maximum Gasteiger partial charge on any atom is 0.306 e. The molecule has 0 bridgehead atoms. The van der Waals surface area contributed by atoms with Crippen molar-refractivity contribution in [2.24, 2.45) is 0 Å². The van der Waals surface area contributed by atoms with Crippen molar-refractivity contribution >= 4 is 17.5 Å². The van der Waals surface area contributed by atoms with Crippen molar-refractivity contribution in [3.8, 4) is 0 Å². The SMILES string of the molecule is CCCCCCOC(=O)CCC1=C(C)C(=O)c2ccccc2C1=O. The summed E-state index contributed by atoms with van der Waals surface area (Å²) < 4.78 is 5.19. The predicted octanol–water partition coefficient (Wildman–Crippen LogP) is 4.29. The number of hydrogen-bond donors (Lipinski definition) is 0. The Balaban J connectivity index is 1.93. The molecule has 1 aromatic carbocycles. The van der Waals surface area contributed by atoms with Gasteiger partial charge in [0.05, 0.1) is 6.61 Å². The Kier molecular flexibility index (Phi) is 6.47. The molecule has 0 amide bonds. The molecule has 0 saturated carbocycles. The minimum Gasteiger partial charge on any atom is -0.466 e. The first kappa shape index (κ1) is 18.1. The van der Waals surface area contributed by atoms with Crippen molar-refractivity contribution in [1.82, 2.24) is 0 Å². The second-order valence-electron chi connectivity index (χ2n) is 6.09. The van der Waals surface area contributed by atoms with E-state index in [1.807, 2.05) is 0 Å². The van der Waals surface area contributed by atoms with Crippen LogP contribution in [0, 0.1) is 0 Å². The summed E-state index contributed by atoms with van der Waals surface area (Å²) in [5, 5.41) is 0. The molecular formula is C20H24O4. The van der Waals surface area contributed by atoms with Gasteiger partial charge in [-0.3, -0.25) is 14.4 Å². The summed E-state index contributed by atoms with van der Waals surface area (Å²) in [4.78, 5) is 36.7. The minimum atomic E-state index is -0.314. The van der Waals surface area contributed by atoms with Gasteiger partial charge in [0.25, 0.3) is 0 Å². The normalized spacial score (nSPS) is 13.9. The van der Waals surface area contributed by atoms with Gasteiger partial charge in [0.2, 0.25) is 0 Å². The summed E-state index contributed by atoms with van der Waals surface area (Å²) in [6, 6.07) is 6.82. The number of carbonyl (C=O) groups is 3. The highest BCUT2D eigenvalue weighted by atomic mass is 16.5. The van der Waals surface area contributed by atoms with E-state index in [4.69, 9.17) is 4.74 Å². The van der Waals surface area contributed by atoms with Crippen LogP contribution < -0.4 is 0 Å².